The summed E-state index contributed by atoms with van der Waals surface area (Å²) in [5, 5.41) is 9.55. The number of nitriles is 1. The van der Waals surface area contributed by atoms with Crippen LogP contribution in [0.2, 0.25) is 0 Å². The summed E-state index contributed by atoms with van der Waals surface area (Å²) >= 11 is 0. The number of aromatic nitrogens is 1. The predicted molar refractivity (Wildman–Crippen MR) is 50.9 cm³/mol. The Kier molecular flexibility index (Phi) is 1.60. The molecule has 13 heavy (non-hydrogen) atoms. The van der Waals surface area contributed by atoms with Crippen molar-refractivity contribution in [2.45, 2.75) is 0 Å². The fourth-order valence-corrected chi connectivity index (χ4v) is 1.25. The maximum Gasteiger partial charge on any atom is 0.101 e. The van der Waals surface area contributed by atoms with Gasteiger partial charge in [-0.25, -0.2) is 0 Å². The SMILES string of the molecule is N#Cc1cnc2c(N)cccc2c1. The van der Waals surface area contributed by atoms with Crippen LogP contribution in [0.3, 0.4) is 0 Å². The summed E-state index contributed by atoms with van der Waals surface area (Å²) in [5.74, 6) is 0. The third kappa shape index (κ3) is 1.18. The van der Waals surface area contributed by atoms with Crippen molar-refractivity contribution in [2.75, 3.05) is 5.73 Å². The molecule has 2 N–H and O–H groups in total. The molecule has 0 amide bonds. The molecular weight excluding hydrogens is 162 g/mol. The number of hydrogen-bond acceptors (Lipinski definition) is 3. The van der Waals surface area contributed by atoms with Gasteiger partial charge in [0.2, 0.25) is 0 Å². The summed E-state index contributed by atoms with van der Waals surface area (Å²) in [6, 6.07) is 9.34. The smallest absolute Gasteiger partial charge is 0.101 e. The lowest BCUT2D eigenvalue weighted by atomic mass is 10.1. The molecular formula is C10H7N3. The number of para-hydroxylation sites is 1. The highest BCUT2D eigenvalue weighted by molar-refractivity contribution is 5.89. The maximum atomic E-state index is 8.65. The second-order valence-electron chi connectivity index (χ2n) is 2.75. The van der Waals surface area contributed by atoms with Crippen molar-refractivity contribution in [2.24, 2.45) is 0 Å². The van der Waals surface area contributed by atoms with Gasteiger partial charge in [0.25, 0.3) is 0 Å². The molecule has 0 fully saturated rings. The van der Waals surface area contributed by atoms with Gasteiger partial charge in [-0.2, -0.15) is 5.26 Å². The topological polar surface area (TPSA) is 62.7 Å². The van der Waals surface area contributed by atoms with E-state index in [1.807, 2.05) is 18.2 Å². The minimum Gasteiger partial charge on any atom is -0.397 e. The van der Waals surface area contributed by atoms with E-state index in [9.17, 15) is 0 Å². The maximum absolute atomic E-state index is 8.65. The van der Waals surface area contributed by atoms with Gasteiger partial charge in [0.05, 0.1) is 16.8 Å². The van der Waals surface area contributed by atoms with Gasteiger partial charge < -0.3 is 5.73 Å². The zero-order valence-corrected chi connectivity index (χ0v) is 6.86. The Labute approximate surface area is 75.4 Å². The molecule has 2 aromatic rings. The van der Waals surface area contributed by atoms with Crippen LogP contribution in [0.5, 0.6) is 0 Å². The molecule has 0 atom stereocenters. The highest BCUT2D eigenvalue weighted by atomic mass is 14.7. The number of nitrogen functional groups attached to an aromatic ring is 1. The number of rotatable bonds is 0. The molecule has 3 nitrogen and oxygen atoms in total. The molecule has 3 heteroatoms. The standard InChI is InChI=1S/C10H7N3/c11-5-7-4-8-2-1-3-9(12)10(8)13-6-7/h1-4,6H,12H2. The first-order chi connectivity index (χ1) is 6.31. The van der Waals surface area contributed by atoms with Crippen LogP contribution in [-0.2, 0) is 0 Å². The Morgan fingerprint density at radius 3 is 3.00 bits per heavy atom. The Morgan fingerprint density at radius 1 is 1.38 bits per heavy atom. The zero-order valence-electron chi connectivity index (χ0n) is 6.86. The number of nitrogens with zero attached hydrogens (tertiary/aromatic N) is 2. The number of benzene rings is 1. The van der Waals surface area contributed by atoms with E-state index in [0.29, 0.717) is 11.3 Å². The molecule has 1 heterocycles. The number of anilines is 1. The Balaban J connectivity index is 2.82. The van der Waals surface area contributed by atoms with Gasteiger partial charge in [-0.1, -0.05) is 12.1 Å². The Morgan fingerprint density at radius 2 is 2.23 bits per heavy atom. The number of fused-ring (bicyclic) bond motifs is 1. The van der Waals surface area contributed by atoms with E-state index in [2.05, 4.69) is 4.98 Å². The molecule has 0 bridgehead atoms. The summed E-state index contributed by atoms with van der Waals surface area (Å²) in [6.07, 6.45) is 1.53. The predicted octanol–water partition coefficient (Wildman–Crippen LogP) is 1.69. The molecule has 0 aliphatic rings. The summed E-state index contributed by atoms with van der Waals surface area (Å²) in [5.41, 5.74) is 7.65. The molecule has 0 aliphatic heterocycles. The lowest BCUT2D eigenvalue weighted by Gasteiger charge is -1.99. The molecule has 0 spiro atoms. The first kappa shape index (κ1) is 7.56. The summed E-state index contributed by atoms with van der Waals surface area (Å²) < 4.78 is 0. The molecule has 0 radical (unpaired) electrons. The lowest BCUT2D eigenvalue weighted by molar-refractivity contribution is 1.37. The highest BCUT2D eigenvalue weighted by Gasteiger charge is 1.99. The normalized spacial score (nSPS) is 9.77. The molecule has 62 valence electrons. The van der Waals surface area contributed by atoms with Crippen LogP contribution in [-0.4, -0.2) is 4.98 Å². The highest BCUT2D eigenvalue weighted by Crippen LogP contribution is 2.18. The van der Waals surface area contributed by atoms with Crippen molar-refractivity contribution >= 4 is 16.6 Å². The molecule has 1 aromatic heterocycles. The van der Waals surface area contributed by atoms with E-state index < -0.39 is 0 Å². The van der Waals surface area contributed by atoms with E-state index in [1.165, 1.54) is 6.20 Å². The number of hydrogen-bond donors (Lipinski definition) is 1. The van der Waals surface area contributed by atoms with Crippen LogP contribution in [0.1, 0.15) is 5.56 Å². The van der Waals surface area contributed by atoms with Crippen LogP contribution >= 0.6 is 0 Å². The second-order valence-corrected chi connectivity index (χ2v) is 2.75. The fraction of sp³-hybridized carbons (Fsp3) is 0. The van der Waals surface area contributed by atoms with Crippen molar-refractivity contribution in [3.05, 3.63) is 36.0 Å². The van der Waals surface area contributed by atoms with E-state index in [0.717, 1.165) is 10.9 Å². The third-order valence-electron chi connectivity index (χ3n) is 1.87. The summed E-state index contributed by atoms with van der Waals surface area (Å²) in [7, 11) is 0. The molecule has 0 unspecified atom stereocenters. The van der Waals surface area contributed by atoms with Crippen LogP contribution in [0.4, 0.5) is 5.69 Å². The number of pyridine rings is 1. The van der Waals surface area contributed by atoms with Gasteiger partial charge in [0.15, 0.2) is 0 Å². The van der Waals surface area contributed by atoms with Crippen LogP contribution in [0.15, 0.2) is 30.5 Å². The van der Waals surface area contributed by atoms with Crippen molar-refractivity contribution < 1.29 is 0 Å². The third-order valence-corrected chi connectivity index (χ3v) is 1.87. The first-order valence-corrected chi connectivity index (χ1v) is 3.85. The monoisotopic (exact) mass is 169 g/mol. The first-order valence-electron chi connectivity index (χ1n) is 3.85. The van der Waals surface area contributed by atoms with Gasteiger partial charge in [-0.3, -0.25) is 4.98 Å². The van der Waals surface area contributed by atoms with E-state index in [1.54, 1.807) is 12.1 Å². The Bertz CT molecular complexity index is 497. The quantitative estimate of drug-likeness (QED) is 0.610. The average molecular weight is 169 g/mol. The summed E-state index contributed by atoms with van der Waals surface area (Å²) in [4.78, 5) is 4.10. The van der Waals surface area contributed by atoms with Crippen molar-refractivity contribution in [3.8, 4) is 6.07 Å². The van der Waals surface area contributed by atoms with Gasteiger partial charge in [-0.15, -0.1) is 0 Å². The summed E-state index contributed by atoms with van der Waals surface area (Å²) in [6.45, 7) is 0. The lowest BCUT2D eigenvalue weighted by Crippen LogP contribution is -1.89. The van der Waals surface area contributed by atoms with E-state index in [4.69, 9.17) is 11.0 Å². The van der Waals surface area contributed by atoms with Crippen molar-refractivity contribution in [3.63, 3.8) is 0 Å². The van der Waals surface area contributed by atoms with Crippen LogP contribution in [0.25, 0.3) is 10.9 Å². The molecule has 0 saturated carbocycles. The second kappa shape index (κ2) is 2.76. The Hall–Kier alpha value is -2.08. The fourth-order valence-electron chi connectivity index (χ4n) is 1.25. The minimum absolute atomic E-state index is 0.554. The van der Waals surface area contributed by atoms with E-state index in [-0.39, 0.29) is 0 Å². The molecule has 0 aliphatic carbocycles. The van der Waals surface area contributed by atoms with Gasteiger partial charge >= 0.3 is 0 Å². The number of nitrogens with two attached hydrogens (primary N) is 1. The van der Waals surface area contributed by atoms with Gasteiger partial charge in [-0.05, 0) is 12.1 Å². The van der Waals surface area contributed by atoms with Crippen molar-refractivity contribution in [1.29, 1.82) is 5.26 Å². The van der Waals surface area contributed by atoms with Crippen LogP contribution in [0, 0.1) is 11.3 Å². The van der Waals surface area contributed by atoms with Gasteiger partial charge in [0, 0.05) is 11.6 Å². The van der Waals surface area contributed by atoms with Gasteiger partial charge in [0.1, 0.15) is 6.07 Å². The molecule has 0 saturated heterocycles. The molecule has 1 aromatic carbocycles. The van der Waals surface area contributed by atoms with E-state index >= 15 is 0 Å². The largest absolute Gasteiger partial charge is 0.397 e. The zero-order chi connectivity index (χ0) is 9.26. The van der Waals surface area contributed by atoms with Crippen LogP contribution < -0.4 is 5.73 Å². The van der Waals surface area contributed by atoms with Crippen molar-refractivity contribution in [1.82, 2.24) is 4.98 Å². The minimum atomic E-state index is 0.554. The molecule has 2 rings (SSSR count). The average Bonchev–Trinajstić information content (AvgIpc) is 2.18.